The van der Waals surface area contributed by atoms with Gasteiger partial charge in [-0.1, -0.05) is 31.5 Å². The molecule has 2 heterocycles. The lowest BCUT2D eigenvalue weighted by Crippen LogP contribution is -2.33. The Kier molecular flexibility index (Phi) is 5.36. The third kappa shape index (κ3) is 3.69. The highest BCUT2D eigenvalue weighted by molar-refractivity contribution is 7.99. The van der Waals surface area contributed by atoms with E-state index in [9.17, 15) is 4.79 Å². The third-order valence-electron chi connectivity index (χ3n) is 5.53. The smallest absolute Gasteiger partial charge is 0.230 e. The summed E-state index contributed by atoms with van der Waals surface area (Å²) in [6, 6.07) is 0.373. The lowest BCUT2D eigenvalue weighted by Gasteiger charge is -2.18. The second kappa shape index (κ2) is 7.72. The van der Waals surface area contributed by atoms with Gasteiger partial charge in [0.1, 0.15) is 0 Å². The van der Waals surface area contributed by atoms with E-state index in [1.54, 1.807) is 0 Å². The molecular formula is C19H26N4OS2. The first-order valence-corrected chi connectivity index (χ1v) is 11.4. The molecule has 1 amide bonds. The Bertz CT molecular complexity index is 792. The first-order valence-electron chi connectivity index (χ1n) is 9.53. The largest absolute Gasteiger partial charge is 0.353 e. The summed E-state index contributed by atoms with van der Waals surface area (Å²) in [5.41, 5.74) is 2.69. The van der Waals surface area contributed by atoms with Crippen molar-refractivity contribution in [1.29, 1.82) is 0 Å². The number of hydrogen-bond acceptors (Lipinski definition) is 5. The van der Waals surface area contributed by atoms with Crippen LogP contribution in [-0.2, 0) is 24.7 Å². The lowest BCUT2D eigenvalue weighted by molar-refractivity contribution is -0.119. The van der Waals surface area contributed by atoms with Gasteiger partial charge in [0.2, 0.25) is 5.91 Å². The van der Waals surface area contributed by atoms with Gasteiger partial charge in [-0.25, -0.2) is 0 Å². The summed E-state index contributed by atoms with van der Waals surface area (Å²) in [4.78, 5) is 13.7. The summed E-state index contributed by atoms with van der Waals surface area (Å²) in [6.45, 7) is 2.33. The van der Waals surface area contributed by atoms with Crippen molar-refractivity contribution < 1.29 is 4.79 Å². The van der Waals surface area contributed by atoms with E-state index in [4.69, 9.17) is 0 Å². The van der Waals surface area contributed by atoms with Gasteiger partial charge in [0.25, 0.3) is 0 Å². The topological polar surface area (TPSA) is 59.8 Å². The minimum absolute atomic E-state index is 0.105. The standard InChI is InChI=1S/C19H26N4OS2/c1-12-7-8-14-15(10-25-16(14)9-12)18-21-22-19(23(18)2)26-11-17(24)20-13-5-3-4-6-13/h10,12-13H,3-9,11H2,1-2H3,(H,20,24). The highest BCUT2D eigenvalue weighted by Gasteiger charge is 2.24. The quantitative estimate of drug-likeness (QED) is 0.789. The Morgan fingerprint density at radius 1 is 1.35 bits per heavy atom. The Morgan fingerprint density at radius 2 is 2.15 bits per heavy atom. The predicted octanol–water partition coefficient (Wildman–Crippen LogP) is 3.82. The van der Waals surface area contributed by atoms with Crippen LogP contribution in [0.3, 0.4) is 0 Å². The van der Waals surface area contributed by atoms with Gasteiger partial charge in [-0.05, 0) is 43.6 Å². The minimum Gasteiger partial charge on any atom is -0.353 e. The molecule has 0 aliphatic heterocycles. The number of nitrogens with one attached hydrogen (secondary N) is 1. The normalized spacial score (nSPS) is 20.3. The van der Waals surface area contributed by atoms with Crippen molar-refractivity contribution in [3.63, 3.8) is 0 Å². The molecule has 5 nitrogen and oxygen atoms in total. The summed E-state index contributed by atoms with van der Waals surface area (Å²) in [6.07, 6.45) is 8.26. The van der Waals surface area contributed by atoms with Gasteiger partial charge in [0, 0.05) is 28.9 Å². The number of thioether (sulfide) groups is 1. The number of nitrogens with zero attached hydrogens (tertiary/aromatic N) is 3. The highest BCUT2D eigenvalue weighted by Crippen LogP contribution is 2.38. The van der Waals surface area contributed by atoms with E-state index in [0.29, 0.717) is 11.8 Å². The van der Waals surface area contributed by atoms with Crippen LogP contribution in [0.5, 0.6) is 0 Å². The van der Waals surface area contributed by atoms with Crippen molar-refractivity contribution in [3.05, 3.63) is 15.8 Å². The second-order valence-corrected chi connectivity index (χ2v) is 9.51. The number of fused-ring (bicyclic) bond motifs is 1. The van der Waals surface area contributed by atoms with Crippen LogP contribution < -0.4 is 5.32 Å². The molecule has 1 saturated carbocycles. The Morgan fingerprint density at radius 3 is 2.96 bits per heavy atom. The molecule has 0 radical (unpaired) electrons. The molecule has 2 aliphatic rings. The van der Waals surface area contributed by atoms with Gasteiger partial charge in [0.05, 0.1) is 5.75 Å². The number of thiophene rings is 1. The van der Waals surface area contributed by atoms with E-state index in [0.717, 1.165) is 36.2 Å². The maximum atomic E-state index is 12.2. The van der Waals surface area contributed by atoms with Gasteiger partial charge in [-0.2, -0.15) is 0 Å². The van der Waals surface area contributed by atoms with Crippen molar-refractivity contribution in [2.45, 2.75) is 63.1 Å². The van der Waals surface area contributed by atoms with Crippen LogP contribution in [-0.4, -0.2) is 32.5 Å². The molecule has 1 atom stereocenters. The Balaban J connectivity index is 1.43. The van der Waals surface area contributed by atoms with Gasteiger partial charge in [0.15, 0.2) is 11.0 Å². The fourth-order valence-corrected chi connectivity index (χ4v) is 5.97. The maximum absolute atomic E-state index is 12.2. The zero-order chi connectivity index (χ0) is 18.1. The third-order valence-corrected chi connectivity index (χ3v) is 7.60. The zero-order valence-electron chi connectivity index (χ0n) is 15.5. The van der Waals surface area contributed by atoms with Crippen molar-refractivity contribution >= 4 is 29.0 Å². The number of amides is 1. The first-order chi connectivity index (χ1) is 12.6. The molecule has 140 valence electrons. The fourth-order valence-electron chi connectivity index (χ4n) is 4.01. The summed E-state index contributed by atoms with van der Waals surface area (Å²) >= 11 is 3.33. The van der Waals surface area contributed by atoms with Crippen LogP contribution in [0.1, 0.15) is 49.5 Å². The molecule has 0 bridgehead atoms. The number of carbonyl (C=O) groups is 1. The van der Waals surface area contributed by atoms with Gasteiger partial charge >= 0.3 is 0 Å². The van der Waals surface area contributed by atoms with Crippen LogP contribution in [0.15, 0.2) is 10.5 Å². The van der Waals surface area contributed by atoms with Crippen molar-refractivity contribution in [2.75, 3.05) is 5.75 Å². The van der Waals surface area contributed by atoms with E-state index in [-0.39, 0.29) is 5.91 Å². The molecule has 1 fully saturated rings. The number of hydrogen-bond donors (Lipinski definition) is 1. The number of carbonyl (C=O) groups excluding carboxylic acids is 1. The van der Waals surface area contributed by atoms with Crippen molar-refractivity contribution in [3.8, 4) is 11.4 Å². The predicted molar refractivity (Wildman–Crippen MR) is 107 cm³/mol. The van der Waals surface area contributed by atoms with Crippen LogP contribution in [0.4, 0.5) is 0 Å². The molecule has 26 heavy (non-hydrogen) atoms. The molecule has 1 unspecified atom stereocenters. The van der Waals surface area contributed by atoms with Crippen LogP contribution in [0.2, 0.25) is 0 Å². The molecule has 0 spiro atoms. The second-order valence-electron chi connectivity index (χ2n) is 7.60. The monoisotopic (exact) mass is 390 g/mol. The average Bonchev–Trinajstić information content (AvgIpc) is 3.33. The van der Waals surface area contributed by atoms with E-state index >= 15 is 0 Å². The Hall–Kier alpha value is -1.34. The van der Waals surface area contributed by atoms with Crippen molar-refractivity contribution in [2.24, 2.45) is 13.0 Å². The van der Waals surface area contributed by atoms with E-state index in [1.165, 1.54) is 53.4 Å². The maximum Gasteiger partial charge on any atom is 0.230 e. The van der Waals surface area contributed by atoms with Crippen LogP contribution in [0.25, 0.3) is 11.4 Å². The van der Waals surface area contributed by atoms with E-state index < -0.39 is 0 Å². The average molecular weight is 391 g/mol. The SMILES string of the molecule is CC1CCc2c(-c3nnc(SCC(=O)NC4CCCC4)n3C)csc2C1. The van der Waals surface area contributed by atoms with Crippen molar-refractivity contribution in [1.82, 2.24) is 20.1 Å². The number of rotatable bonds is 5. The fraction of sp³-hybridized carbons (Fsp3) is 0.632. The van der Waals surface area contributed by atoms with Crippen LogP contribution >= 0.6 is 23.1 Å². The molecule has 2 aromatic heterocycles. The minimum atomic E-state index is 0.105. The molecule has 7 heteroatoms. The summed E-state index contributed by atoms with van der Waals surface area (Å²) in [5.74, 6) is 2.21. The summed E-state index contributed by atoms with van der Waals surface area (Å²) in [7, 11) is 2.00. The van der Waals surface area contributed by atoms with Gasteiger partial charge in [-0.15, -0.1) is 21.5 Å². The van der Waals surface area contributed by atoms with E-state index in [1.807, 2.05) is 23.0 Å². The molecule has 2 aromatic rings. The molecule has 0 aromatic carbocycles. The molecule has 2 aliphatic carbocycles. The Labute approximate surface area is 163 Å². The first kappa shape index (κ1) is 18.0. The zero-order valence-corrected chi connectivity index (χ0v) is 17.1. The number of aromatic nitrogens is 3. The molecule has 0 saturated heterocycles. The van der Waals surface area contributed by atoms with Gasteiger partial charge in [-0.3, -0.25) is 4.79 Å². The molecule has 1 N–H and O–H groups in total. The summed E-state index contributed by atoms with van der Waals surface area (Å²) in [5, 5.41) is 14.9. The summed E-state index contributed by atoms with van der Waals surface area (Å²) < 4.78 is 2.04. The van der Waals surface area contributed by atoms with E-state index in [2.05, 4.69) is 27.8 Å². The lowest BCUT2D eigenvalue weighted by atomic mass is 9.88. The molecule has 4 rings (SSSR count). The molecular weight excluding hydrogens is 364 g/mol. The highest BCUT2D eigenvalue weighted by atomic mass is 32.2. The van der Waals surface area contributed by atoms with Gasteiger partial charge < -0.3 is 9.88 Å². The van der Waals surface area contributed by atoms with Crippen LogP contribution in [0, 0.1) is 5.92 Å².